The van der Waals surface area contributed by atoms with Crippen molar-refractivity contribution in [3.63, 3.8) is 0 Å². The van der Waals surface area contributed by atoms with E-state index in [0.717, 1.165) is 0 Å². The summed E-state index contributed by atoms with van der Waals surface area (Å²) in [7, 11) is -6.97. The maximum Gasteiger partial charge on any atom is 0.407 e. The molecule has 1 amide bonds. The van der Waals surface area contributed by atoms with E-state index in [9.17, 15) is 32.5 Å². The molecule has 7 atom stereocenters. The Morgan fingerprint density at radius 2 is 1.43 bits per heavy atom. The summed E-state index contributed by atoms with van der Waals surface area (Å²) in [6, 6.07) is 11.2. The number of carbonyl (C=O) groups is 3. The number of esters is 2. The van der Waals surface area contributed by atoms with Gasteiger partial charge in [0.2, 0.25) is 10.0 Å². The monoisotopic (exact) mass is 900 g/mol. The van der Waals surface area contributed by atoms with Gasteiger partial charge in [-0.2, -0.15) is 4.31 Å². The molecule has 0 saturated carbocycles. The molecule has 61 heavy (non-hydrogen) atoms. The number of aliphatic hydroxyl groups is 1. The summed E-state index contributed by atoms with van der Waals surface area (Å²) in [6.45, 7) is 13.3. The predicted molar refractivity (Wildman–Crippen MR) is 220 cm³/mol. The molecule has 1 unspecified atom stereocenters. The molecule has 2 N–H and O–H groups in total. The van der Waals surface area contributed by atoms with Gasteiger partial charge in [-0.1, -0.05) is 26.0 Å². The van der Waals surface area contributed by atoms with E-state index >= 15 is 0 Å². The molecule has 0 radical (unpaired) electrons. The first-order chi connectivity index (χ1) is 28.7. The van der Waals surface area contributed by atoms with Crippen molar-refractivity contribution in [2.75, 3.05) is 39.8 Å². The van der Waals surface area contributed by atoms with Crippen molar-refractivity contribution in [1.82, 2.24) is 9.62 Å². The van der Waals surface area contributed by atoms with Crippen LogP contribution in [0.2, 0.25) is 0 Å². The molecular weight excluding hydrogens is 839 g/mol. The first kappa shape index (κ1) is 49.8. The van der Waals surface area contributed by atoms with Crippen LogP contribution < -0.4 is 14.8 Å². The van der Waals surface area contributed by atoms with E-state index in [1.165, 1.54) is 61.7 Å². The minimum Gasteiger partial charge on any atom is -0.497 e. The van der Waals surface area contributed by atoms with E-state index < -0.39 is 91.0 Å². The van der Waals surface area contributed by atoms with Crippen LogP contribution in [0.25, 0.3) is 0 Å². The minimum atomic E-state index is -4.33. The molecule has 2 aromatic rings. The number of hydrogen-bond acceptors (Lipinski definition) is 16. The molecule has 2 saturated heterocycles. The highest BCUT2D eigenvalue weighted by molar-refractivity contribution is 7.89. The first-order valence-electron chi connectivity index (χ1n) is 20.3. The second kappa shape index (κ2) is 22.5. The first-order valence-corrected chi connectivity index (χ1v) is 23.5. The topological polar surface area (TPSA) is 221 Å². The zero-order valence-electron chi connectivity index (χ0n) is 36.2. The van der Waals surface area contributed by atoms with E-state index in [1.54, 1.807) is 39.8 Å². The van der Waals surface area contributed by atoms with Gasteiger partial charge in [0.25, 0.3) is 0 Å². The fraction of sp³-hybridized carbons (Fsp3) is 0.634. The van der Waals surface area contributed by atoms with Gasteiger partial charge >= 0.3 is 25.6 Å². The second-order valence-corrected chi connectivity index (χ2v) is 19.7. The van der Waals surface area contributed by atoms with Gasteiger partial charge in [0.1, 0.15) is 17.6 Å². The van der Waals surface area contributed by atoms with Crippen molar-refractivity contribution in [1.29, 1.82) is 0 Å². The summed E-state index contributed by atoms with van der Waals surface area (Å²) in [5, 5.41) is 14.5. The van der Waals surface area contributed by atoms with Gasteiger partial charge in [-0.25, -0.2) is 22.8 Å². The molecule has 2 heterocycles. The third-order valence-corrected chi connectivity index (χ3v) is 13.0. The number of ether oxygens (including phenoxy) is 7. The Morgan fingerprint density at radius 3 is 1.97 bits per heavy atom. The van der Waals surface area contributed by atoms with Gasteiger partial charge in [-0.15, -0.1) is 0 Å². The Morgan fingerprint density at radius 1 is 0.852 bits per heavy atom. The van der Waals surface area contributed by atoms with E-state index in [2.05, 4.69) is 5.32 Å². The maximum atomic E-state index is 14.0. The number of carbonyl (C=O) groups excluding carboxylic acids is 3. The fourth-order valence-electron chi connectivity index (χ4n) is 6.50. The number of alkyl carbamates (subject to hydrolysis) is 1. The van der Waals surface area contributed by atoms with Crippen LogP contribution in [0.1, 0.15) is 67.4 Å². The largest absolute Gasteiger partial charge is 0.497 e. The molecule has 4 rings (SSSR count). The molecule has 0 aromatic heterocycles. The van der Waals surface area contributed by atoms with E-state index in [1.807, 2.05) is 13.8 Å². The number of fused-ring (bicyclic) bond motifs is 1. The number of nitrogens with one attached hydrogen (secondary N) is 1. The summed E-state index contributed by atoms with van der Waals surface area (Å²) in [5.74, 6) is -1.18. The molecule has 20 heteroatoms. The van der Waals surface area contributed by atoms with Crippen LogP contribution in [0, 0.1) is 11.8 Å². The van der Waals surface area contributed by atoms with Crippen LogP contribution in [0.15, 0.2) is 53.4 Å². The quantitative estimate of drug-likeness (QED) is 0.0847. The lowest BCUT2D eigenvalue weighted by atomic mass is 10.0. The van der Waals surface area contributed by atoms with Gasteiger partial charge < -0.3 is 43.6 Å². The fourth-order valence-corrected chi connectivity index (χ4v) is 9.74. The van der Waals surface area contributed by atoms with E-state index in [-0.39, 0.29) is 48.6 Å². The van der Waals surface area contributed by atoms with Crippen molar-refractivity contribution in [2.45, 2.75) is 122 Å². The van der Waals surface area contributed by atoms with Crippen LogP contribution in [-0.4, -0.2) is 125 Å². The average molecular weight is 901 g/mol. The molecule has 0 spiro atoms. The number of benzene rings is 2. The molecule has 18 nitrogen and oxygen atoms in total. The van der Waals surface area contributed by atoms with E-state index in [4.69, 9.17) is 42.2 Å². The molecule has 2 aromatic carbocycles. The summed E-state index contributed by atoms with van der Waals surface area (Å²) in [6.07, 6.45) is -6.96. The number of hydrogen-bond donors (Lipinski definition) is 2. The van der Waals surface area contributed by atoms with Gasteiger partial charge in [0.15, 0.2) is 24.8 Å². The number of rotatable bonds is 23. The van der Waals surface area contributed by atoms with Crippen molar-refractivity contribution in [3.8, 4) is 11.5 Å². The zero-order valence-corrected chi connectivity index (χ0v) is 37.9. The van der Waals surface area contributed by atoms with Gasteiger partial charge in [-0.05, 0) is 102 Å². The van der Waals surface area contributed by atoms with Gasteiger partial charge in [0.05, 0.1) is 55.5 Å². The highest BCUT2D eigenvalue weighted by atomic mass is 32.2. The molecule has 2 fully saturated rings. The smallest absolute Gasteiger partial charge is 0.407 e. The number of nitrogens with zero attached hydrogens (tertiary/aromatic N) is 1. The Bertz CT molecular complexity index is 1860. The van der Waals surface area contributed by atoms with Crippen molar-refractivity contribution >= 4 is 35.7 Å². The molecule has 0 aliphatic carbocycles. The predicted octanol–water partition coefficient (Wildman–Crippen LogP) is 5.04. The minimum absolute atomic E-state index is 0.00507. The third-order valence-electron chi connectivity index (χ3n) is 9.44. The van der Waals surface area contributed by atoms with Crippen molar-refractivity contribution < 1.29 is 74.7 Å². The van der Waals surface area contributed by atoms with Crippen LogP contribution in [0.5, 0.6) is 11.5 Å². The number of amides is 1. The molecule has 2 aliphatic heterocycles. The van der Waals surface area contributed by atoms with Crippen LogP contribution in [0.4, 0.5) is 4.79 Å². The molecule has 2 aliphatic rings. The third kappa shape index (κ3) is 14.9. The standard InChI is InChI=1S/C41H61N2O16PS/c1-25(2)21-43(61(49,50)33-16-14-31(51-9)15-17-33)22-36(44)35(42-41(47)57-37-23-53-40-34(37)18-19-52-40)20-30-10-12-32(13-11-30)54-24-60(48,58-28(7)38(45)55-26(3)4)59-29(8)39(46)56-27(5)6/h10-17,25-29,34-37,40,44H,18-24H2,1-9H3,(H,42,47)/t28-,29-,34?,35-,36+,37-,40+/m0/s1. The lowest BCUT2D eigenvalue weighted by molar-refractivity contribution is -0.157. The lowest BCUT2D eigenvalue weighted by Crippen LogP contribution is -2.51. The summed E-state index contributed by atoms with van der Waals surface area (Å²) >= 11 is 0. The Kier molecular flexibility index (Phi) is 18.4. The summed E-state index contributed by atoms with van der Waals surface area (Å²) in [5.41, 5.74) is 0.587. The van der Waals surface area contributed by atoms with Gasteiger partial charge in [0, 0.05) is 13.1 Å². The highest BCUT2D eigenvalue weighted by Crippen LogP contribution is 2.51. The van der Waals surface area contributed by atoms with Crippen LogP contribution in [-0.2, 0) is 63.3 Å². The SMILES string of the molecule is COc1ccc(S(=O)(=O)N(CC(C)C)C[C@@H](O)[C@H](Cc2ccc(OCP(=O)(O[C@@H](C)C(=O)OC(C)C)O[C@@H](C)C(=O)OC(C)C)cc2)NC(=O)O[C@H]2CO[C@H]3OCCC32)cc1. The van der Waals surface area contributed by atoms with Crippen molar-refractivity contribution in [2.24, 2.45) is 11.8 Å². The Hall–Kier alpha value is -3.81. The van der Waals surface area contributed by atoms with Crippen LogP contribution >= 0.6 is 7.60 Å². The molecule has 0 bridgehead atoms. The summed E-state index contributed by atoms with van der Waals surface area (Å²) < 4.78 is 92.3. The number of sulfonamides is 1. The number of aliphatic hydroxyl groups excluding tert-OH is 1. The van der Waals surface area contributed by atoms with Crippen molar-refractivity contribution in [3.05, 3.63) is 54.1 Å². The lowest BCUT2D eigenvalue weighted by Gasteiger charge is -2.31. The second-order valence-electron chi connectivity index (χ2n) is 15.9. The maximum absolute atomic E-state index is 14.0. The molecule has 342 valence electrons. The van der Waals surface area contributed by atoms with Crippen LogP contribution in [0.3, 0.4) is 0 Å². The summed E-state index contributed by atoms with van der Waals surface area (Å²) in [4.78, 5) is 38.5. The van der Waals surface area contributed by atoms with Gasteiger partial charge in [-0.3, -0.25) is 13.6 Å². The Labute approximate surface area is 358 Å². The normalized spacial score (nSPS) is 19.9. The highest BCUT2D eigenvalue weighted by Gasteiger charge is 2.44. The zero-order chi connectivity index (χ0) is 45.1. The van der Waals surface area contributed by atoms with E-state index in [0.29, 0.717) is 24.3 Å². The number of methoxy groups -OCH3 is 1. The average Bonchev–Trinajstić information content (AvgIpc) is 3.81. The molecular formula is C41H61N2O16PS. The Balaban J connectivity index is 1.53.